The summed E-state index contributed by atoms with van der Waals surface area (Å²) in [5.74, 6) is 1.25. The van der Waals surface area contributed by atoms with Crippen molar-refractivity contribution in [2.24, 2.45) is 0 Å². The molecule has 1 aliphatic rings. The highest BCUT2D eigenvalue weighted by Gasteiger charge is 2.22. The summed E-state index contributed by atoms with van der Waals surface area (Å²) < 4.78 is 11.1. The summed E-state index contributed by atoms with van der Waals surface area (Å²) in [5.41, 5.74) is 1.41. The molecule has 0 spiro atoms. The van der Waals surface area contributed by atoms with Gasteiger partial charge in [-0.1, -0.05) is 41.4 Å². The molecule has 0 aromatic heterocycles. The molecule has 5 heteroatoms. The normalized spacial score (nSPS) is 14.8. The van der Waals surface area contributed by atoms with E-state index in [0.29, 0.717) is 46.7 Å². The number of hydrogen-bond donors (Lipinski definition) is 1. The second-order valence-electron chi connectivity index (χ2n) is 4.79. The molecule has 0 amide bonds. The molecule has 3 nitrogen and oxygen atoms in total. The van der Waals surface area contributed by atoms with Crippen molar-refractivity contribution in [1.82, 2.24) is 0 Å². The molecule has 0 saturated heterocycles. The monoisotopic (exact) mass is 324 g/mol. The van der Waals surface area contributed by atoms with Gasteiger partial charge in [-0.05, 0) is 23.8 Å². The Labute approximate surface area is 133 Å². The Hall–Kier alpha value is -1.42. The maximum Gasteiger partial charge on any atom is 0.167 e. The van der Waals surface area contributed by atoms with Crippen LogP contribution < -0.4 is 9.47 Å². The van der Waals surface area contributed by atoms with Gasteiger partial charge in [0, 0.05) is 22.0 Å². The van der Waals surface area contributed by atoms with Crippen molar-refractivity contribution in [2.45, 2.75) is 12.5 Å². The lowest BCUT2D eigenvalue weighted by atomic mass is 10.00. The van der Waals surface area contributed by atoms with Crippen molar-refractivity contribution in [3.05, 3.63) is 57.6 Å². The van der Waals surface area contributed by atoms with Crippen LogP contribution in [-0.4, -0.2) is 18.3 Å². The van der Waals surface area contributed by atoms with E-state index in [4.69, 9.17) is 32.7 Å². The molecule has 0 saturated carbocycles. The van der Waals surface area contributed by atoms with Crippen LogP contribution >= 0.6 is 23.2 Å². The number of benzene rings is 2. The second-order valence-corrected chi connectivity index (χ2v) is 5.61. The van der Waals surface area contributed by atoms with Crippen LogP contribution in [0, 0.1) is 0 Å². The molecule has 110 valence electrons. The Kier molecular flexibility index (Phi) is 4.24. The zero-order valence-corrected chi connectivity index (χ0v) is 12.7. The molecule has 2 aromatic carbocycles. The lowest BCUT2D eigenvalue weighted by Gasteiger charge is -2.23. The van der Waals surface area contributed by atoms with Gasteiger partial charge >= 0.3 is 0 Å². The Balaban J connectivity index is 1.91. The minimum atomic E-state index is -0.765. The van der Waals surface area contributed by atoms with Crippen LogP contribution in [0.1, 0.15) is 17.2 Å². The van der Waals surface area contributed by atoms with Gasteiger partial charge in [-0.3, -0.25) is 0 Å². The van der Waals surface area contributed by atoms with Gasteiger partial charge < -0.3 is 14.6 Å². The average molecular weight is 325 g/mol. The third kappa shape index (κ3) is 2.95. The summed E-state index contributed by atoms with van der Waals surface area (Å²) in [6.45, 7) is 0.993. The first-order valence-electron chi connectivity index (χ1n) is 6.66. The lowest BCUT2D eigenvalue weighted by Crippen LogP contribution is -2.17. The molecular weight excluding hydrogens is 311 g/mol. The van der Waals surface area contributed by atoms with E-state index in [1.165, 1.54) is 0 Å². The lowest BCUT2D eigenvalue weighted by molar-refractivity contribution is 0.146. The standard InChI is InChI=1S/C16H14Cl2O3/c17-12-4-2-5-13(18)11(12)9-14(19)10-3-1-6-15-16(10)21-8-7-20-15/h1-6,14,19H,7-9H2. The fraction of sp³-hybridized carbons (Fsp3) is 0.250. The number of ether oxygens (including phenoxy) is 2. The van der Waals surface area contributed by atoms with Crippen molar-refractivity contribution in [1.29, 1.82) is 0 Å². The Morgan fingerprint density at radius 2 is 1.67 bits per heavy atom. The van der Waals surface area contributed by atoms with Crippen LogP contribution in [0.4, 0.5) is 0 Å². The SMILES string of the molecule is OC(Cc1c(Cl)cccc1Cl)c1cccc2c1OCCO2. The average Bonchev–Trinajstić information content (AvgIpc) is 2.50. The first-order valence-corrected chi connectivity index (χ1v) is 7.42. The Bertz CT molecular complexity index is 638. The number of aliphatic hydroxyl groups is 1. The zero-order valence-electron chi connectivity index (χ0n) is 11.2. The highest BCUT2D eigenvalue weighted by molar-refractivity contribution is 6.36. The number of para-hydroxylation sites is 1. The third-order valence-electron chi connectivity index (χ3n) is 3.41. The largest absolute Gasteiger partial charge is 0.486 e. The third-order valence-corrected chi connectivity index (χ3v) is 4.12. The summed E-state index contributed by atoms with van der Waals surface area (Å²) in [4.78, 5) is 0. The molecule has 21 heavy (non-hydrogen) atoms. The molecule has 0 radical (unpaired) electrons. The number of hydrogen-bond acceptors (Lipinski definition) is 3. The molecular formula is C16H14Cl2O3. The van der Waals surface area contributed by atoms with Gasteiger partial charge in [-0.25, -0.2) is 0 Å². The zero-order chi connectivity index (χ0) is 14.8. The fourth-order valence-corrected chi connectivity index (χ4v) is 2.94. The van der Waals surface area contributed by atoms with Gasteiger partial charge in [0.15, 0.2) is 11.5 Å². The van der Waals surface area contributed by atoms with Crippen molar-refractivity contribution >= 4 is 23.2 Å². The van der Waals surface area contributed by atoms with Crippen LogP contribution in [0.3, 0.4) is 0 Å². The topological polar surface area (TPSA) is 38.7 Å². The van der Waals surface area contributed by atoms with Crippen molar-refractivity contribution in [3.63, 3.8) is 0 Å². The molecule has 2 aromatic rings. The predicted octanol–water partition coefficient (Wildman–Crippen LogP) is 4.04. The molecule has 0 aliphatic carbocycles. The van der Waals surface area contributed by atoms with E-state index in [2.05, 4.69) is 0 Å². The Morgan fingerprint density at radius 3 is 2.43 bits per heavy atom. The van der Waals surface area contributed by atoms with E-state index >= 15 is 0 Å². The summed E-state index contributed by atoms with van der Waals surface area (Å²) >= 11 is 12.3. The minimum absolute atomic E-state index is 0.318. The van der Waals surface area contributed by atoms with Gasteiger partial charge in [0.1, 0.15) is 13.2 Å². The number of halogens is 2. The van der Waals surface area contributed by atoms with E-state index in [0.717, 1.165) is 5.56 Å². The van der Waals surface area contributed by atoms with E-state index < -0.39 is 6.10 Å². The molecule has 1 unspecified atom stereocenters. The van der Waals surface area contributed by atoms with Crippen LogP contribution in [0.15, 0.2) is 36.4 Å². The molecule has 1 aliphatic heterocycles. The molecule has 0 bridgehead atoms. The summed E-state index contributed by atoms with van der Waals surface area (Å²) in [6.07, 6.45) is -0.447. The van der Waals surface area contributed by atoms with E-state index in [-0.39, 0.29) is 0 Å². The highest BCUT2D eigenvalue weighted by atomic mass is 35.5. The summed E-state index contributed by atoms with van der Waals surface area (Å²) in [7, 11) is 0. The van der Waals surface area contributed by atoms with E-state index in [1.807, 2.05) is 18.2 Å². The van der Waals surface area contributed by atoms with Crippen LogP contribution in [0.5, 0.6) is 11.5 Å². The first-order chi connectivity index (χ1) is 10.2. The molecule has 3 rings (SSSR count). The maximum atomic E-state index is 10.5. The van der Waals surface area contributed by atoms with Crippen LogP contribution in [0.25, 0.3) is 0 Å². The molecule has 0 fully saturated rings. The predicted molar refractivity (Wildman–Crippen MR) is 82.6 cm³/mol. The molecule has 1 atom stereocenters. The highest BCUT2D eigenvalue weighted by Crippen LogP contribution is 2.39. The Morgan fingerprint density at radius 1 is 1.00 bits per heavy atom. The van der Waals surface area contributed by atoms with Gasteiger partial charge in [0.05, 0.1) is 6.10 Å². The van der Waals surface area contributed by atoms with Crippen molar-refractivity contribution < 1.29 is 14.6 Å². The number of rotatable bonds is 3. The maximum absolute atomic E-state index is 10.5. The van der Waals surface area contributed by atoms with Gasteiger partial charge in [-0.15, -0.1) is 0 Å². The van der Waals surface area contributed by atoms with Gasteiger partial charge in [0.25, 0.3) is 0 Å². The van der Waals surface area contributed by atoms with Crippen molar-refractivity contribution in [2.75, 3.05) is 13.2 Å². The van der Waals surface area contributed by atoms with Crippen molar-refractivity contribution in [3.8, 4) is 11.5 Å². The van der Waals surface area contributed by atoms with Gasteiger partial charge in [0.2, 0.25) is 0 Å². The quantitative estimate of drug-likeness (QED) is 0.926. The minimum Gasteiger partial charge on any atom is -0.486 e. The van der Waals surface area contributed by atoms with E-state index in [9.17, 15) is 5.11 Å². The number of aliphatic hydroxyl groups excluding tert-OH is 1. The second kappa shape index (κ2) is 6.14. The fourth-order valence-electron chi connectivity index (χ4n) is 2.39. The van der Waals surface area contributed by atoms with Crippen LogP contribution in [-0.2, 0) is 6.42 Å². The molecule has 1 heterocycles. The summed E-state index contributed by atoms with van der Waals surface area (Å²) in [5, 5.41) is 11.6. The first kappa shape index (κ1) is 14.5. The number of fused-ring (bicyclic) bond motifs is 1. The van der Waals surface area contributed by atoms with Crippen LogP contribution in [0.2, 0.25) is 10.0 Å². The van der Waals surface area contributed by atoms with E-state index in [1.54, 1.807) is 18.2 Å². The van der Waals surface area contributed by atoms with Gasteiger partial charge in [-0.2, -0.15) is 0 Å². The molecule has 1 N–H and O–H groups in total. The smallest absolute Gasteiger partial charge is 0.167 e. The summed E-state index contributed by atoms with van der Waals surface area (Å²) in [6, 6.07) is 10.8.